The van der Waals surface area contributed by atoms with Gasteiger partial charge in [-0.05, 0) is 48.1 Å². The molecule has 2 aromatic rings. The smallest absolute Gasteiger partial charge is 0.338 e. The lowest BCUT2D eigenvalue weighted by Crippen LogP contribution is -2.30. The summed E-state index contributed by atoms with van der Waals surface area (Å²) in [5.74, 6) is 0.567. The Morgan fingerprint density at radius 2 is 2.00 bits per heavy atom. The lowest BCUT2D eigenvalue weighted by molar-refractivity contribution is 0.0600. The third-order valence-corrected chi connectivity index (χ3v) is 6.17. The van der Waals surface area contributed by atoms with Crippen LogP contribution in [0.15, 0.2) is 53.0 Å². The maximum absolute atomic E-state index is 12.1. The lowest BCUT2D eigenvalue weighted by Gasteiger charge is -2.39. The first kappa shape index (κ1) is 16.4. The van der Waals surface area contributed by atoms with Crippen molar-refractivity contribution in [1.29, 1.82) is 0 Å². The monoisotopic (exact) mass is 397 g/mol. The number of halogens is 1. The molecule has 0 aromatic heterocycles. The van der Waals surface area contributed by atoms with Gasteiger partial charge in [0.25, 0.3) is 0 Å². The summed E-state index contributed by atoms with van der Waals surface area (Å²) in [7, 11) is 1.42. The zero-order valence-corrected chi connectivity index (χ0v) is 15.8. The average molecular weight is 398 g/mol. The topological polar surface area (TPSA) is 38.3 Å². The molecule has 4 rings (SSSR count). The quantitative estimate of drug-likeness (QED) is 0.546. The molecular weight excluding hydrogens is 378 g/mol. The molecular formula is C21H20BrNO2. The van der Waals surface area contributed by atoms with Crippen LogP contribution in [0, 0.1) is 12.8 Å². The second kappa shape index (κ2) is 6.34. The molecule has 2 aromatic carbocycles. The molecule has 25 heavy (non-hydrogen) atoms. The predicted octanol–water partition coefficient (Wildman–Crippen LogP) is 5.37. The van der Waals surface area contributed by atoms with E-state index < -0.39 is 0 Å². The van der Waals surface area contributed by atoms with Gasteiger partial charge < -0.3 is 10.1 Å². The van der Waals surface area contributed by atoms with E-state index in [4.69, 9.17) is 4.74 Å². The third-order valence-electron chi connectivity index (χ3n) is 5.44. The lowest BCUT2D eigenvalue weighted by atomic mass is 9.76. The number of fused-ring (bicyclic) bond motifs is 3. The summed E-state index contributed by atoms with van der Waals surface area (Å²) in [5.41, 5.74) is 5.18. The minimum Gasteiger partial charge on any atom is -0.465 e. The van der Waals surface area contributed by atoms with Crippen molar-refractivity contribution in [2.24, 2.45) is 5.92 Å². The third kappa shape index (κ3) is 2.60. The molecule has 3 nitrogen and oxygen atoms in total. The van der Waals surface area contributed by atoms with Gasteiger partial charge in [0.1, 0.15) is 0 Å². The first-order chi connectivity index (χ1) is 12.1. The van der Waals surface area contributed by atoms with Gasteiger partial charge in [0, 0.05) is 16.1 Å². The second-order valence-electron chi connectivity index (χ2n) is 6.69. The number of ether oxygens (including phenoxy) is 1. The number of carbonyl (C=O) groups excluding carboxylic acids is 1. The number of hydrogen-bond donors (Lipinski definition) is 1. The van der Waals surface area contributed by atoms with Crippen LogP contribution in [0.4, 0.5) is 5.69 Å². The van der Waals surface area contributed by atoms with Crippen molar-refractivity contribution in [3.8, 4) is 0 Å². The maximum Gasteiger partial charge on any atom is 0.338 e. The van der Waals surface area contributed by atoms with E-state index in [0.29, 0.717) is 17.4 Å². The van der Waals surface area contributed by atoms with E-state index >= 15 is 0 Å². The van der Waals surface area contributed by atoms with Gasteiger partial charge in [-0.1, -0.05) is 52.3 Å². The fourth-order valence-corrected chi connectivity index (χ4v) is 4.71. The SMILES string of the molecule is COC(=O)c1ccc2c(c1C)N[C@H](c1ccccc1Br)[C@@H]1CC=C[C@@H]21. The van der Waals surface area contributed by atoms with Crippen molar-refractivity contribution in [2.45, 2.75) is 25.3 Å². The van der Waals surface area contributed by atoms with Crippen molar-refractivity contribution in [2.75, 3.05) is 12.4 Å². The van der Waals surface area contributed by atoms with Gasteiger partial charge in [-0.25, -0.2) is 4.79 Å². The van der Waals surface area contributed by atoms with Crippen molar-refractivity contribution in [3.05, 3.63) is 75.3 Å². The van der Waals surface area contributed by atoms with Crippen LogP contribution >= 0.6 is 15.9 Å². The first-order valence-corrected chi connectivity index (χ1v) is 9.30. The summed E-state index contributed by atoms with van der Waals surface area (Å²) in [6, 6.07) is 12.5. The minimum absolute atomic E-state index is 0.203. The number of hydrogen-bond acceptors (Lipinski definition) is 3. The van der Waals surface area contributed by atoms with Crippen LogP contribution in [-0.2, 0) is 4.74 Å². The zero-order chi connectivity index (χ0) is 17.6. The zero-order valence-electron chi connectivity index (χ0n) is 14.3. The number of anilines is 1. The van der Waals surface area contributed by atoms with Gasteiger partial charge in [0.05, 0.1) is 18.7 Å². The largest absolute Gasteiger partial charge is 0.465 e. The molecule has 2 aliphatic rings. The summed E-state index contributed by atoms with van der Waals surface area (Å²) in [6.45, 7) is 1.99. The number of rotatable bonds is 2. The van der Waals surface area contributed by atoms with E-state index in [9.17, 15) is 4.79 Å². The van der Waals surface area contributed by atoms with Gasteiger partial charge in [0.2, 0.25) is 0 Å². The second-order valence-corrected chi connectivity index (χ2v) is 7.55. The summed E-state index contributed by atoms with van der Waals surface area (Å²) in [4.78, 5) is 12.1. The van der Waals surface area contributed by atoms with Crippen molar-refractivity contribution in [3.63, 3.8) is 0 Å². The highest BCUT2D eigenvalue weighted by Gasteiger charge is 2.39. The van der Waals surface area contributed by atoms with E-state index in [1.54, 1.807) is 0 Å². The summed E-state index contributed by atoms with van der Waals surface area (Å²) < 4.78 is 6.05. The van der Waals surface area contributed by atoms with E-state index in [2.05, 4.69) is 57.7 Å². The summed E-state index contributed by atoms with van der Waals surface area (Å²) >= 11 is 3.70. The van der Waals surface area contributed by atoms with Crippen molar-refractivity contribution < 1.29 is 9.53 Å². The molecule has 1 aliphatic carbocycles. The normalized spacial score (nSPS) is 23.6. The fourth-order valence-electron chi connectivity index (χ4n) is 4.18. The highest BCUT2D eigenvalue weighted by Crippen LogP contribution is 2.51. The Morgan fingerprint density at radius 1 is 1.20 bits per heavy atom. The Labute approximate surface area is 156 Å². The number of benzene rings is 2. The van der Waals surface area contributed by atoms with Crippen LogP contribution in [-0.4, -0.2) is 13.1 Å². The average Bonchev–Trinajstić information content (AvgIpc) is 3.11. The predicted molar refractivity (Wildman–Crippen MR) is 103 cm³/mol. The Hall–Kier alpha value is -2.07. The molecule has 0 fully saturated rings. The maximum atomic E-state index is 12.1. The van der Waals surface area contributed by atoms with Crippen LogP contribution in [0.2, 0.25) is 0 Å². The first-order valence-electron chi connectivity index (χ1n) is 8.51. The Bertz CT molecular complexity index is 874. The number of methoxy groups -OCH3 is 1. The summed E-state index contributed by atoms with van der Waals surface area (Å²) in [6.07, 6.45) is 5.64. The Kier molecular flexibility index (Phi) is 4.16. The fraction of sp³-hybridized carbons (Fsp3) is 0.286. The van der Waals surface area contributed by atoms with Gasteiger partial charge in [-0.15, -0.1) is 0 Å². The number of allylic oxidation sites excluding steroid dienone is 2. The highest BCUT2D eigenvalue weighted by atomic mass is 79.9. The molecule has 128 valence electrons. The van der Waals surface area contributed by atoms with Crippen LogP contribution in [0.1, 0.15) is 45.4 Å². The molecule has 0 bridgehead atoms. The molecule has 4 heteroatoms. The molecule has 1 aliphatic heterocycles. The molecule has 1 heterocycles. The number of nitrogens with one attached hydrogen (secondary N) is 1. The standard InChI is InChI=1S/C21H20BrNO2/c1-12-13(21(24)25-2)10-11-16-14-7-5-8-15(14)20(23-19(12)16)17-6-3-4-9-18(17)22/h3-7,9-11,14-15,20,23H,8H2,1-2H3/t14-,15-,20+/m1/s1. The van der Waals surface area contributed by atoms with Crippen molar-refractivity contribution >= 4 is 27.6 Å². The van der Waals surface area contributed by atoms with E-state index in [1.807, 2.05) is 19.1 Å². The molecule has 3 atom stereocenters. The van der Waals surface area contributed by atoms with Crippen LogP contribution < -0.4 is 5.32 Å². The molecule has 1 N–H and O–H groups in total. The van der Waals surface area contributed by atoms with E-state index in [0.717, 1.165) is 22.1 Å². The number of carbonyl (C=O) groups is 1. The molecule has 0 radical (unpaired) electrons. The van der Waals surface area contributed by atoms with Gasteiger partial charge in [-0.2, -0.15) is 0 Å². The van der Waals surface area contributed by atoms with Gasteiger partial charge in [-0.3, -0.25) is 0 Å². The molecule has 0 amide bonds. The Morgan fingerprint density at radius 3 is 2.76 bits per heavy atom. The number of esters is 1. The van der Waals surface area contributed by atoms with Crippen molar-refractivity contribution in [1.82, 2.24) is 0 Å². The minimum atomic E-state index is -0.288. The highest BCUT2D eigenvalue weighted by molar-refractivity contribution is 9.10. The summed E-state index contributed by atoms with van der Waals surface area (Å²) in [5, 5.41) is 3.74. The Balaban J connectivity index is 1.85. The van der Waals surface area contributed by atoms with Gasteiger partial charge in [0.15, 0.2) is 0 Å². The molecule has 0 unspecified atom stereocenters. The van der Waals surface area contributed by atoms with E-state index in [-0.39, 0.29) is 12.0 Å². The molecule has 0 spiro atoms. The molecule has 0 saturated heterocycles. The van der Waals surface area contributed by atoms with Crippen LogP contribution in [0.25, 0.3) is 0 Å². The molecule has 0 saturated carbocycles. The van der Waals surface area contributed by atoms with Gasteiger partial charge >= 0.3 is 5.97 Å². The van der Waals surface area contributed by atoms with E-state index in [1.165, 1.54) is 18.2 Å². The van der Waals surface area contributed by atoms with Crippen LogP contribution in [0.3, 0.4) is 0 Å². The van der Waals surface area contributed by atoms with Crippen LogP contribution in [0.5, 0.6) is 0 Å².